The molecule has 0 radical (unpaired) electrons. The number of carbonyl (C=O) groups is 2. The largest absolute Gasteiger partial charge is 0.381 e. The molecule has 1 saturated heterocycles. The Labute approximate surface area is 114 Å². The summed E-state index contributed by atoms with van der Waals surface area (Å²) in [5.41, 5.74) is 5.18. The first-order valence-electron chi connectivity index (χ1n) is 6.80. The van der Waals surface area contributed by atoms with Crippen LogP contribution in [0.4, 0.5) is 0 Å². The lowest BCUT2D eigenvalue weighted by Gasteiger charge is -2.35. The normalized spacial score (nSPS) is 19.6. The maximum absolute atomic E-state index is 12.4. The predicted octanol–water partition coefficient (Wildman–Crippen LogP) is -0.275. The minimum atomic E-state index is -0.586. The maximum Gasteiger partial charge on any atom is 0.244 e. The molecule has 1 aliphatic heterocycles. The third-order valence-corrected chi connectivity index (χ3v) is 3.89. The first-order chi connectivity index (χ1) is 8.96. The molecule has 1 fully saturated rings. The van der Waals surface area contributed by atoms with Crippen molar-refractivity contribution in [2.24, 2.45) is 11.1 Å². The lowest BCUT2D eigenvalue weighted by Crippen LogP contribution is -2.54. The van der Waals surface area contributed by atoms with Crippen LogP contribution in [0.3, 0.4) is 0 Å². The lowest BCUT2D eigenvalue weighted by atomic mass is 9.79. The first kappa shape index (κ1) is 15.9. The summed E-state index contributed by atoms with van der Waals surface area (Å²) in [7, 11) is 1.72. The Morgan fingerprint density at radius 1 is 1.42 bits per heavy atom. The number of likely N-dealkylation sites (N-methyl/N-ethyl adjacent to an activating group) is 1. The number of hydrogen-bond donors (Lipinski definition) is 2. The van der Waals surface area contributed by atoms with Gasteiger partial charge in [0.15, 0.2) is 0 Å². The van der Waals surface area contributed by atoms with Crippen LogP contribution in [0.25, 0.3) is 0 Å². The summed E-state index contributed by atoms with van der Waals surface area (Å²) < 4.78 is 5.27. The fourth-order valence-electron chi connectivity index (χ4n) is 2.18. The zero-order valence-electron chi connectivity index (χ0n) is 12.1. The zero-order chi connectivity index (χ0) is 14.5. The fourth-order valence-corrected chi connectivity index (χ4v) is 2.18. The topological polar surface area (TPSA) is 84.7 Å². The van der Waals surface area contributed by atoms with E-state index in [2.05, 4.69) is 5.32 Å². The number of amides is 2. The minimum Gasteiger partial charge on any atom is -0.381 e. The molecule has 0 bridgehead atoms. The van der Waals surface area contributed by atoms with E-state index in [1.165, 1.54) is 0 Å². The van der Waals surface area contributed by atoms with Gasteiger partial charge in [0.2, 0.25) is 11.8 Å². The number of ether oxygens (including phenoxy) is 1. The molecule has 0 spiro atoms. The molecule has 110 valence electrons. The third kappa shape index (κ3) is 3.67. The number of hydrogen-bond acceptors (Lipinski definition) is 4. The van der Waals surface area contributed by atoms with Crippen molar-refractivity contribution in [1.29, 1.82) is 0 Å². The molecule has 1 aliphatic rings. The van der Waals surface area contributed by atoms with Gasteiger partial charge in [-0.25, -0.2) is 0 Å². The van der Waals surface area contributed by atoms with Crippen LogP contribution < -0.4 is 11.1 Å². The Morgan fingerprint density at radius 2 is 2.00 bits per heavy atom. The molecule has 6 heteroatoms. The van der Waals surface area contributed by atoms with Crippen molar-refractivity contribution in [2.75, 3.05) is 33.4 Å². The van der Waals surface area contributed by atoms with Crippen molar-refractivity contribution in [3.05, 3.63) is 0 Å². The zero-order valence-corrected chi connectivity index (χ0v) is 12.1. The van der Waals surface area contributed by atoms with Crippen LogP contribution in [0.1, 0.15) is 26.7 Å². The van der Waals surface area contributed by atoms with Crippen molar-refractivity contribution < 1.29 is 14.3 Å². The quantitative estimate of drug-likeness (QED) is 0.720. The van der Waals surface area contributed by atoms with E-state index in [-0.39, 0.29) is 18.4 Å². The highest BCUT2D eigenvalue weighted by atomic mass is 16.5. The van der Waals surface area contributed by atoms with Gasteiger partial charge in [0.1, 0.15) is 6.04 Å². The van der Waals surface area contributed by atoms with Gasteiger partial charge in [0.25, 0.3) is 0 Å². The van der Waals surface area contributed by atoms with E-state index < -0.39 is 11.5 Å². The summed E-state index contributed by atoms with van der Waals surface area (Å²) in [5, 5.41) is 2.79. The van der Waals surface area contributed by atoms with Gasteiger partial charge >= 0.3 is 0 Å². The van der Waals surface area contributed by atoms with Crippen LogP contribution in [0, 0.1) is 5.41 Å². The number of carbonyl (C=O) groups excluding carboxylic acids is 2. The lowest BCUT2D eigenvalue weighted by molar-refractivity contribution is -0.141. The monoisotopic (exact) mass is 271 g/mol. The molecule has 0 aromatic rings. The van der Waals surface area contributed by atoms with E-state index in [1.807, 2.05) is 6.92 Å². The van der Waals surface area contributed by atoms with Crippen molar-refractivity contribution in [3.63, 3.8) is 0 Å². The predicted molar refractivity (Wildman–Crippen MR) is 72.5 cm³/mol. The van der Waals surface area contributed by atoms with E-state index in [1.54, 1.807) is 18.9 Å². The maximum atomic E-state index is 12.4. The summed E-state index contributed by atoms with van der Waals surface area (Å²) >= 11 is 0. The van der Waals surface area contributed by atoms with Gasteiger partial charge in [-0.05, 0) is 26.7 Å². The van der Waals surface area contributed by atoms with Crippen molar-refractivity contribution in [1.82, 2.24) is 10.2 Å². The van der Waals surface area contributed by atoms with E-state index in [0.717, 1.165) is 0 Å². The Morgan fingerprint density at radius 3 is 2.47 bits per heavy atom. The molecule has 6 nitrogen and oxygen atoms in total. The highest BCUT2D eigenvalue weighted by molar-refractivity contribution is 5.90. The van der Waals surface area contributed by atoms with Crippen LogP contribution in [0.15, 0.2) is 0 Å². The van der Waals surface area contributed by atoms with Crippen LogP contribution >= 0.6 is 0 Å². The summed E-state index contributed by atoms with van der Waals surface area (Å²) in [5.74, 6) is -0.223. The second kappa shape index (κ2) is 6.86. The molecule has 1 heterocycles. The van der Waals surface area contributed by atoms with Gasteiger partial charge in [0.05, 0.1) is 5.41 Å². The molecule has 1 unspecified atom stereocenters. The second-order valence-electron chi connectivity index (χ2n) is 5.14. The van der Waals surface area contributed by atoms with Gasteiger partial charge in [-0.15, -0.1) is 0 Å². The van der Waals surface area contributed by atoms with Gasteiger partial charge in [0, 0.05) is 33.4 Å². The summed E-state index contributed by atoms with van der Waals surface area (Å²) in [4.78, 5) is 25.9. The number of nitrogens with one attached hydrogen (secondary N) is 1. The molecule has 0 aromatic heterocycles. The third-order valence-electron chi connectivity index (χ3n) is 3.89. The van der Waals surface area contributed by atoms with Crippen LogP contribution in [-0.4, -0.2) is 56.1 Å². The molecule has 19 heavy (non-hydrogen) atoms. The SMILES string of the molecule is CCN(C)C(=O)C(C)NC(=O)C1(CN)CCOCC1. The Bertz CT molecular complexity index is 327. The second-order valence-corrected chi connectivity index (χ2v) is 5.14. The van der Waals surface area contributed by atoms with Crippen molar-refractivity contribution in [3.8, 4) is 0 Å². The van der Waals surface area contributed by atoms with Crippen LogP contribution in [-0.2, 0) is 14.3 Å². The number of rotatable bonds is 5. The molecular weight excluding hydrogens is 246 g/mol. The molecule has 1 rings (SSSR count). The van der Waals surface area contributed by atoms with Crippen molar-refractivity contribution >= 4 is 11.8 Å². The summed E-state index contributed by atoms with van der Waals surface area (Å²) in [6.45, 7) is 5.59. The fraction of sp³-hybridized carbons (Fsp3) is 0.846. The first-order valence-corrected chi connectivity index (χ1v) is 6.80. The van der Waals surface area contributed by atoms with Gasteiger partial charge in [-0.1, -0.05) is 0 Å². The van der Waals surface area contributed by atoms with Gasteiger partial charge in [-0.3, -0.25) is 9.59 Å². The van der Waals surface area contributed by atoms with E-state index >= 15 is 0 Å². The molecular formula is C13H25N3O3. The minimum absolute atomic E-state index is 0.0879. The molecule has 3 N–H and O–H groups in total. The molecule has 2 amide bonds. The number of nitrogens with two attached hydrogens (primary N) is 1. The van der Waals surface area contributed by atoms with Crippen molar-refractivity contribution in [2.45, 2.75) is 32.7 Å². The molecule has 1 atom stereocenters. The van der Waals surface area contributed by atoms with E-state index in [4.69, 9.17) is 10.5 Å². The molecule has 0 aromatic carbocycles. The summed E-state index contributed by atoms with van der Waals surface area (Å²) in [6.07, 6.45) is 1.22. The van der Waals surface area contributed by atoms with Gasteiger partial charge in [-0.2, -0.15) is 0 Å². The molecule has 0 saturated carbocycles. The van der Waals surface area contributed by atoms with Crippen LogP contribution in [0.5, 0.6) is 0 Å². The highest BCUT2D eigenvalue weighted by Crippen LogP contribution is 2.29. The summed E-state index contributed by atoms with van der Waals surface area (Å²) in [6, 6.07) is -0.524. The van der Waals surface area contributed by atoms with Gasteiger partial charge < -0.3 is 20.7 Å². The number of nitrogens with zero attached hydrogens (tertiary/aromatic N) is 1. The molecule has 0 aliphatic carbocycles. The average Bonchev–Trinajstić information content (AvgIpc) is 2.45. The highest BCUT2D eigenvalue weighted by Gasteiger charge is 2.39. The standard InChI is InChI=1S/C13H25N3O3/c1-4-16(3)11(17)10(2)15-12(18)13(9-14)5-7-19-8-6-13/h10H,4-9,14H2,1-3H3,(H,15,18). The smallest absolute Gasteiger partial charge is 0.244 e. The Hall–Kier alpha value is -1.14. The Kier molecular flexibility index (Phi) is 5.75. The average molecular weight is 271 g/mol. The Balaban J connectivity index is 2.64. The van der Waals surface area contributed by atoms with E-state index in [0.29, 0.717) is 32.6 Å². The van der Waals surface area contributed by atoms with Crippen LogP contribution in [0.2, 0.25) is 0 Å². The van der Waals surface area contributed by atoms with E-state index in [9.17, 15) is 9.59 Å².